The van der Waals surface area contributed by atoms with Crippen molar-refractivity contribution in [2.75, 3.05) is 6.54 Å². The molecule has 1 saturated heterocycles. The van der Waals surface area contributed by atoms with Crippen LogP contribution in [0.4, 0.5) is 0 Å². The summed E-state index contributed by atoms with van der Waals surface area (Å²) in [6.07, 6.45) is 1.34. The number of hydrogen-bond acceptors (Lipinski definition) is 4. The molecule has 1 aromatic rings. The van der Waals surface area contributed by atoms with Crippen LogP contribution < -0.4 is 4.72 Å². The van der Waals surface area contributed by atoms with Crippen molar-refractivity contribution in [3.05, 3.63) is 35.9 Å². The van der Waals surface area contributed by atoms with E-state index in [1.54, 1.807) is 0 Å². The molecule has 0 amide bonds. The van der Waals surface area contributed by atoms with Crippen molar-refractivity contribution in [1.82, 2.24) is 4.72 Å². The maximum atomic E-state index is 10.8. The minimum atomic E-state index is -4.18. The van der Waals surface area contributed by atoms with Crippen molar-refractivity contribution in [2.24, 2.45) is 0 Å². The minimum absolute atomic E-state index is 0.0969. The highest BCUT2D eigenvalue weighted by Gasteiger charge is 2.45. The van der Waals surface area contributed by atoms with E-state index in [-0.39, 0.29) is 18.8 Å². The second kappa shape index (κ2) is 7.06. The zero-order valence-electron chi connectivity index (χ0n) is 12.9. The van der Waals surface area contributed by atoms with Crippen LogP contribution in [0.5, 0.6) is 0 Å². The van der Waals surface area contributed by atoms with Crippen molar-refractivity contribution in [1.29, 1.82) is 0 Å². The van der Waals surface area contributed by atoms with Gasteiger partial charge in [-0.05, 0) is 24.8 Å². The Labute approximate surface area is 131 Å². The fourth-order valence-corrected chi connectivity index (χ4v) is 3.10. The van der Waals surface area contributed by atoms with Crippen LogP contribution >= 0.6 is 0 Å². The zero-order valence-corrected chi connectivity index (χ0v) is 13.7. The summed E-state index contributed by atoms with van der Waals surface area (Å²) in [4.78, 5) is 0. The largest absolute Gasteiger partial charge is 0.344 e. The second-order valence-corrected chi connectivity index (χ2v) is 6.62. The molecule has 22 heavy (non-hydrogen) atoms. The standard InChI is InChI=1S/C15H23NO5S/c1-3-15(4-2)20-13(10-11-16-22(17,18)19)14(21-15)12-8-6-5-7-9-12/h5-9,13-14,16H,3-4,10-11H2,1-2H3,(H,17,18,19)/t13-,14-/m0/s1. The lowest BCUT2D eigenvalue weighted by Crippen LogP contribution is -2.30. The van der Waals surface area contributed by atoms with Crippen LogP contribution in [0, 0.1) is 0 Å². The monoisotopic (exact) mass is 329 g/mol. The van der Waals surface area contributed by atoms with Crippen LogP contribution in [0.15, 0.2) is 30.3 Å². The SMILES string of the molecule is CCC1(CC)O[C@@H](CCNS(=O)(=O)O)[C@H](c2ccccc2)O1. The average molecular weight is 329 g/mol. The normalized spacial score (nSPS) is 24.5. The number of hydrogen-bond donors (Lipinski definition) is 2. The molecule has 0 radical (unpaired) electrons. The molecule has 0 bridgehead atoms. The molecule has 1 fully saturated rings. The molecule has 2 N–H and O–H groups in total. The summed E-state index contributed by atoms with van der Waals surface area (Å²) in [5.74, 6) is -0.636. The van der Waals surface area contributed by atoms with Gasteiger partial charge >= 0.3 is 10.3 Å². The summed E-state index contributed by atoms with van der Waals surface area (Å²) < 4.78 is 44.6. The van der Waals surface area contributed by atoms with Gasteiger partial charge < -0.3 is 9.47 Å². The van der Waals surface area contributed by atoms with Crippen LogP contribution in [0.25, 0.3) is 0 Å². The lowest BCUT2D eigenvalue weighted by atomic mass is 10.0. The molecular formula is C15H23NO5S. The quantitative estimate of drug-likeness (QED) is 0.751. The first-order valence-electron chi connectivity index (χ1n) is 7.52. The van der Waals surface area contributed by atoms with Gasteiger partial charge in [-0.1, -0.05) is 44.2 Å². The Balaban J connectivity index is 2.13. The third-order valence-electron chi connectivity index (χ3n) is 3.96. The van der Waals surface area contributed by atoms with Gasteiger partial charge in [-0.2, -0.15) is 13.1 Å². The smallest absolute Gasteiger partial charge is 0.333 e. The number of nitrogens with one attached hydrogen (secondary N) is 1. The van der Waals surface area contributed by atoms with Gasteiger partial charge in [-0.15, -0.1) is 0 Å². The fraction of sp³-hybridized carbons (Fsp3) is 0.600. The van der Waals surface area contributed by atoms with Gasteiger partial charge in [0.25, 0.3) is 0 Å². The van der Waals surface area contributed by atoms with E-state index in [9.17, 15) is 8.42 Å². The molecule has 1 aliphatic rings. The second-order valence-electron chi connectivity index (χ2n) is 5.38. The maximum absolute atomic E-state index is 10.8. The Morgan fingerprint density at radius 3 is 2.36 bits per heavy atom. The van der Waals surface area contributed by atoms with Crippen molar-refractivity contribution >= 4 is 10.3 Å². The van der Waals surface area contributed by atoms with Crippen molar-refractivity contribution < 1.29 is 22.4 Å². The van der Waals surface area contributed by atoms with Gasteiger partial charge in [0.1, 0.15) is 6.10 Å². The van der Waals surface area contributed by atoms with Crippen LogP contribution in [-0.2, 0) is 19.8 Å². The highest BCUT2D eigenvalue weighted by molar-refractivity contribution is 7.83. The van der Waals surface area contributed by atoms with E-state index >= 15 is 0 Å². The number of rotatable bonds is 7. The molecule has 0 spiro atoms. The first-order chi connectivity index (χ1) is 10.4. The Morgan fingerprint density at radius 1 is 1.18 bits per heavy atom. The van der Waals surface area contributed by atoms with Gasteiger partial charge in [0.15, 0.2) is 5.79 Å². The van der Waals surface area contributed by atoms with Crippen LogP contribution in [-0.4, -0.2) is 31.4 Å². The lowest BCUT2D eigenvalue weighted by Gasteiger charge is -2.25. The van der Waals surface area contributed by atoms with Gasteiger partial charge in [-0.25, -0.2) is 0 Å². The van der Waals surface area contributed by atoms with Gasteiger partial charge in [-0.3, -0.25) is 4.55 Å². The molecule has 124 valence electrons. The fourth-order valence-electron chi connectivity index (χ4n) is 2.72. The number of ether oxygens (including phenoxy) is 2. The molecule has 2 rings (SSSR count). The van der Waals surface area contributed by atoms with E-state index in [1.807, 2.05) is 44.2 Å². The number of benzene rings is 1. The van der Waals surface area contributed by atoms with Crippen LogP contribution in [0.3, 0.4) is 0 Å². The first kappa shape index (κ1) is 17.4. The van der Waals surface area contributed by atoms with Gasteiger partial charge in [0.2, 0.25) is 0 Å². The Morgan fingerprint density at radius 2 is 1.82 bits per heavy atom. The molecular weight excluding hydrogens is 306 g/mol. The summed E-state index contributed by atoms with van der Waals surface area (Å²) in [7, 11) is -4.18. The molecule has 7 heteroatoms. The summed E-state index contributed by atoms with van der Waals surface area (Å²) in [5.41, 5.74) is 1.00. The van der Waals surface area contributed by atoms with Crippen molar-refractivity contribution in [2.45, 2.75) is 51.1 Å². The highest BCUT2D eigenvalue weighted by atomic mass is 32.2. The predicted octanol–water partition coefficient (Wildman–Crippen LogP) is 2.44. The van der Waals surface area contributed by atoms with E-state index in [0.29, 0.717) is 6.42 Å². The first-order valence-corrected chi connectivity index (χ1v) is 8.96. The van der Waals surface area contributed by atoms with Crippen LogP contribution in [0.2, 0.25) is 0 Å². The predicted molar refractivity (Wildman–Crippen MR) is 82.6 cm³/mol. The maximum Gasteiger partial charge on any atom is 0.333 e. The summed E-state index contributed by atoms with van der Waals surface area (Å²) >= 11 is 0. The van der Waals surface area contributed by atoms with E-state index in [1.165, 1.54) is 0 Å². The molecule has 0 saturated carbocycles. The highest BCUT2D eigenvalue weighted by Crippen LogP contribution is 2.43. The van der Waals surface area contributed by atoms with Gasteiger partial charge in [0, 0.05) is 6.54 Å². The zero-order chi connectivity index (χ0) is 16.2. The molecule has 0 aliphatic carbocycles. The molecule has 1 aliphatic heterocycles. The van der Waals surface area contributed by atoms with Gasteiger partial charge in [0.05, 0.1) is 6.10 Å². The molecule has 1 heterocycles. The molecule has 1 aromatic carbocycles. The van der Waals surface area contributed by atoms with Crippen LogP contribution in [0.1, 0.15) is 44.8 Å². The van der Waals surface area contributed by atoms with Crippen molar-refractivity contribution in [3.8, 4) is 0 Å². The third kappa shape index (κ3) is 4.27. The average Bonchev–Trinajstić information content (AvgIpc) is 2.87. The van der Waals surface area contributed by atoms with E-state index in [4.69, 9.17) is 14.0 Å². The Kier molecular flexibility index (Phi) is 5.57. The Bertz CT molecular complexity index is 571. The Hall–Kier alpha value is -0.990. The molecule has 0 unspecified atom stereocenters. The van der Waals surface area contributed by atoms with E-state index in [2.05, 4.69) is 4.72 Å². The lowest BCUT2D eigenvalue weighted by molar-refractivity contribution is -0.180. The summed E-state index contributed by atoms with van der Waals surface area (Å²) in [5, 5.41) is 0. The third-order valence-corrected chi connectivity index (χ3v) is 4.53. The van der Waals surface area contributed by atoms with E-state index < -0.39 is 16.1 Å². The molecule has 0 aromatic heterocycles. The van der Waals surface area contributed by atoms with E-state index in [0.717, 1.165) is 18.4 Å². The topological polar surface area (TPSA) is 84.9 Å². The molecule has 2 atom stereocenters. The summed E-state index contributed by atoms with van der Waals surface area (Å²) in [6.45, 7) is 4.11. The molecule has 6 nitrogen and oxygen atoms in total. The van der Waals surface area contributed by atoms with Crippen molar-refractivity contribution in [3.63, 3.8) is 0 Å². The summed E-state index contributed by atoms with van der Waals surface area (Å²) in [6, 6.07) is 9.74. The minimum Gasteiger partial charge on any atom is -0.344 e.